The summed E-state index contributed by atoms with van der Waals surface area (Å²) in [6, 6.07) is 10.3. The second-order valence-corrected chi connectivity index (χ2v) is 5.35. The van der Waals surface area contributed by atoms with Crippen LogP contribution in [-0.2, 0) is 6.18 Å². The fraction of sp³-hybridized carbons (Fsp3) is 0.0714. The Morgan fingerprint density at radius 3 is 2.52 bits per heavy atom. The Labute approximate surface area is 132 Å². The maximum atomic E-state index is 12.6. The molecular weight excluding hydrogens is 369 g/mol. The predicted molar refractivity (Wildman–Crippen MR) is 81.8 cm³/mol. The third-order valence-corrected chi connectivity index (χ3v) is 3.64. The molecule has 0 radical (unpaired) electrons. The molecule has 1 N–H and O–H groups in total. The number of nitrogens with zero attached hydrogens (tertiary/aromatic N) is 1. The lowest BCUT2D eigenvalue weighted by molar-refractivity contribution is -0.137. The Bertz CT molecular complexity index is 672. The van der Waals surface area contributed by atoms with E-state index in [0.29, 0.717) is 0 Å². The van der Waals surface area contributed by atoms with Gasteiger partial charge in [0, 0.05) is 10.0 Å². The van der Waals surface area contributed by atoms with Gasteiger partial charge in [-0.25, -0.2) is 0 Å². The lowest BCUT2D eigenvalue weighted by atomic mass is 10.2. The molecule has 0 aliphatic heterocycles. The minimum absolute atomic E-state index is 0.0924. The lowest BCUT2D eigenvalue weighted by Gasteiger charge is -2.09. The third kappa shape index (κ3) is 4.22. The molecule has 110 valence electrons. The SMILES string of the molecule is FC(F)(F)c1ccc(Cl)c(N/N=C/c2ccccc2Br)c1. The molecule has 2 aromatic rings. The quantitative estimate of drug-likeness (QED) is 0.549. The summed E-state index contributed by atoms with van der Waals surface area (Å²) in [6.45, 7) is 0. The normalized spacial score (nSPS) is 11.9. The highest BCUT2D eigenvalue weighted by atomic mass is 79.9. The van der Waals surface area contributed by atoms with E-state index in [9.17, 15) is 13.2 Å². The van der Waals surface area contributed by atoms with E-state index in [-0.39, 0.29) is 10.7 Å². The van der Waals surface area contributed by atoms with E-state index in [1.165, 1.54) is 12.3 Å². The van der Waals surface area contributed by atoms with Crippen LogP contribution < -0.4 is 5.43 Å². The summed E-state index contributed by atoms with van der Waals surface area (Å²) in [7, 11) is 0. The van der Waals surface area contributed by atoms with Crippen LogP contribution in [0, 0.1) is 0 Å². The molecule has 0 unspecified atom stereocenters. The first-order chi connectivity index (χ1) is 9.88. The van der Waals surface area contributed by atoms with Crippen molar-refractivity contribution in [3.05, 3.63) is 63.1 Å². The highest BCUT2D eigenvalue weighted by molar-refractivity contribution is 9.10. The number of hydrogen-bond acceptors (Lipinski definition) is 2. The molecular formula is C14H9BrClF3N2. The van der Waals surface area contributed by atoms with Crippen molar-refractivity contribution in [3.8, 4) is 0 Å². The van der Waals surface area contributed by atoms with Crippen LogP contribution in [0.15, 0.2) is 52.0 Å². The van der Waals surface area contributed by atoms with Crippen LogP contribution >= 0.6 is 27.5 Å². The van der Waals surface area contributed by atoms with Gasteiger partial charge in [0.1, 0.15) is 0 Å². The Balaban J connectivity index is 2.18. The minimum atomic E-state index is -4.42. The second kappa shape index (κ2) is 6.49. The van der Waals surface area contributed by atoms with Crippen molar-refractivity contribution in [2.45, 2.75) is 6.18 Å². The lowest BCUT2D eigenvalue weighted by Crippen LogP contribution is -2.05. The highest BCUT2D eigenvalue weighted by Crippen LogP contribution is 2.33. The molecule has 0 spiro atoms. The summed E-state index contributed by atoms with van der Waals surface area (Å²) >= 11 is 9.19. The summed E-state index contributed by atoms with van der Waals surface area (Å²) in [6.07, 6.45) is -2.94. The molecule has 2 rings (SSSR count). The fourth-order valence-electron chi connectivity index (χ4n) is 1.54. The van der Waals surface area contributed by atoms with Gasteiger partial charge in [0.2, 0.25) is 0 Å². The summed E-state index contributed by atoms with van der Waals surface area (Å²) in [5.74, 6) is 0. The van der Waals surface area contributed by atoms with Crippen molar-refractivity contribution in [2.24, 2.45) is 5.10 Å². The summed E-state index contributed by atoms with van der Waals surface area (Å²) < 4.78 is 38.7. The van der Waals surface area contributed by atoms with E-state index in [1.54, 1.807) is 0 Å². The number of hydrazone groups is 1. The number of benzene rings is 2. The van der Waals surface area contributed by atoms with Gasteiger partial charge in [-0.15, -0.1) is 0 Å². The average Bonchev–Trinajstić information content (AvgIpc) is 2.41. The van der Waals surface area contributed by atoms with Crippen molar-refractivity contribution >= 4 is 39.4 Å². The third-order valence-electron chi connectivity index (χ3n) is 2.59. The van der Waals surface area contributed by atoms with Crippen LogP contribution in [0.1, 0.15) is 11.1 Å². The van der Waals surface area contributed by atoms with E-state index in [1.807, 2.05) is 24.3 Å². The smallest absolute Gasteiger partial charge is 0.277 e. The Morgan fingerprint density at radius 1 is 1.14 bits per heavy atom. The van der Waals surface area contributed by atoms with Crippen LogP contribution in [0.5, 0.6) is 0 Å². The van der Waals surface area contributed by atoms with Crippen molar-refractivity contribution in [2.75, 3.05) is 5.43 Å². The van der Waals surface area contributed by atoms with Crippen molar-refractivity contribution in [3.63, 3.8) is 0 Å². The number of alkyl halides is 3. The van der Waals surface area contributed by atoms with E-state index in [2.05, 4.69) is 26.5 Å². The van der Waals surface area contributed by atoms with Crippen LogP contribution in [0.3, 0.4) is 0 Å². The molecule has 0 aliphatic rings. The molecule has 0 heterocycles. The number of hydrogen-bond donors (Lipinski definition) is 1. The van der Waals surface area contributed by atoms with E-state index in [4.69, 9.17) is 11.6 Å². The van der Waals surface area contributed by atoms with Gasteiger partial charge in [0.25, 0.3) is 0 Å². The maximum Gasteiger partial charge on any atom is 0.416 e. The zero-order chi connectivity index (χ0) is 15.5. The number of rotatable bonds is 3. The van der Waals surface area contributed by atoms with Gasteiger partial charge in [-0.1, -0.05) is 45.7 Å². The highest BCUT2D eigenvalue weighted by Gasteiger charge is 2.30. The van der Waals surface area contributed by atoms with Gasteiger partial charge in [0.05, 0.1) is 22.5 Å². The Morgan fingerprint density at radius 2 is 1.86 bits per heavy atom. The number of anilines is 1. The van der Waals surface area contributed by atoms with Gasteiger partial charge in [0.15, 0.2) is 0 Å². The first-order valence-corrected chi connectivity index (χ1v) is 6.95. The standard InChI is InChI=1S/C14H9BrClF3N2/c15-11-4-2-1-3-9(11)8-20-21-13-7-10(14(17,18)19)5-6-12(13)16/h1-8,21H/b20-8+. The van der Waals surface area contributed by atoms with Crippen molar-refractivity contribution in [1.29, 1.82) is 0 Å². The molecule has 0 amide bonds. The van der Waals surface area contributed by atoms with E-state index >= 15 is 0 Å². The summed E-state index contributed by atoms with van der Waals surface area (Å²) in [5.41, 5.74) is 2.61. The molecule has 0 aliphatic carbocycles. The Hall–Kier alpha value is -1.53. The molecule has 0 saturated heterocycles. The predicted octanol–water partition coefficient (Wildman–Crippen LogP) is 5.57. The molecule has 2 nitrogen and oxygen atoms in total. The number of nitrogens with one attached hydrogen (secondary N) is 1. The zero-order valence-corrected chi connectivity index (χ0v) is 12.8. The fourth-order valence-corrected chi connectivity index (χ4v) is 2.09. The molecule has 0 fully saturated rings. The molecule has 2 aromatic carbocycles. The topological polar surface area (TPSA) is 24.4 Å². The first kappa shape index (κ1) is 15.9. The Kier molecular flexibility index (Phi) is 4.90. The molecule has 7 heteroatoms. The average molecular weight is 378 g/mol. The van der Waals surface area contributed by atoms with Gasteiger partial charge in [-0.2, -0.15) is 18.3 Å². The van der Waals surface area contributed by atoms with Gasteiger partial charge in [-0.3, -0.25) is 5.43 Å². The maximum absolute atomic E-state index is 12.6. The largest absolute Gasteiger partial charge is 0.416 e. The van der Waals surface area contributed by atoms with Gasteiger partial charge >= 0.3 is 6.18 Å². The van der Waals surface area contributed by atoms with Crippen LogP contribution in [-0.4, -0.2) is 6.21 Å². The first-order valence-electron chi connectivity index (χ1n) is 5.78. The molecule has 0 saturated carbocycles. The van der Waals surface area contributed by atoms with Gasteiger partial charge in [-0.05, 0) is 24.3 Å². The van der Waals surface area contributed by atoms with Crippen molar-refractivity contribution < 1.29 is 13.2 Å². The van der Waals surface area contributed by atoms with Crippen LogP contribution in [0.4, 0.5) is 18.9 Å². The van der Waals surface area contributed by atoms with E-state index < -0.39 is 11.7 Å². The van der Waals surface area contributed by atoms with Crippen LogP contribution in [0.25, 0.3) is 0 Å². The summed E-state index contributed by atoms with van der Waals surface area (Å²) in [5, 5.41) is 4.06. The summed E-state index contributed by atoms with van der Waals surface area (Å²) in [4.78, 5) is 0. The number of halogens is 5. The second-order valence-electron chi connectivity index (χ2n) is 4.08. The van der Waals surface area contributed by atoms with Gasteiger partial charge < -0.3 is 0 Å². The minimum Gasteiger partial charge on any atom is -0.277 e. The molecule has 0 aromatic heterocycles. The van der Waals surface area contributed by atoms with Crippen molar-refractivity contribution in [1.82, 2.24) is 0 Å². The molecule has 0 bridgehead atoms. The molecule has 0 atom stereocenters. The van der Waals surface area contributed by atoms with Crippen LogP contribution in [0.2, 0.25) is 5.02 Å². The zero-order valence-electron chi connectivity index (χ0n) is 10.5. The molecule has 21 heavy (non-hydrogen) atoms. The van der Waals surface area contributed by atoms with E-state index in [0.717, 1.165) is 22.2 Å². The monoisotopic (exact) mass is 376 g/mol.